The predicted octanol–water partition coefficient (Wildman–Crippen LogP) is 2.32. The second kappa shape index (κ2) is 4.83. The van der Waals surface area contributed by atoms with Crippen molar-refractivity contribution in [2.45, 2.75) is 20.8 Å². The molecule has 2 heteroatoms. The zero-order valence-corrected chi connectivity index (χ0v) is 7.76. The molecular formula is C9H16N2. The molecule has 0 fully saturated rings. The molecule has 0 saturated carbocycles. The third-order valence-corrected chi connectivity index (χ3v) is 1.27. The highest BCUT2D eigenvalue weighted by Crippen LogP contribution is 1.95. The van der Waals surface area contributed by atoms with Crippen LogP contribution in [-0.2, 0) is 0 Å². The Bertz CT molecular complexity index is 188. The van der Waals surface area contributed by atoms with Crippen molar-refractivity contribution in [2.75, 3.05) is 7.05 Å². The fourth-order valence-electron chi connectivity index (χ4n) is 0.641. The molecule has 0 aliphatic heterocycles. The molecule has 0 unspecified atom stereocenters. The average molecular weight is 152 g/mol. The van der Waals surface area contributed by atoms with Gasteiger partial charge in [-0.15, -0.1) is 0 Å². The van der Waals surface area contributed by atoms with E-state index in [9.17, 15) is 0 Å². The zero-order chi connectivity index (χ0) is 8.85. The van der Waals surface area contributed by atoms with Gasteiger partial charge in [0.05, 0.1) is 5.71 Å². The summed E-state index contributed by atoms with van der Waals surface area (Å²) >= 11 is 0. The number of aliphatic imine (C=N–C) groups is 2. The van der Waals surface area contributed by atoms with Crippen molar-refractivity contribution in [1.29, 1.82) is 0 Å². The van der Waals surface area contributed by atoms with Crippen LogP contribution >= 0.6 is 0 Å². The van der Waals surface area contributed by atoms with Gasteiger partial charge >= 0.3 is 0 Å². The second-order valence-corrected chi connectivity index (χ2v) is 2.80. The van der Waals surface area contributed by atoms with E-state index in [4.69, 9.17) is 0 Å². The van der Waals surface area contributed by atoms with Crippen molar-refractivity contribution in [3.8, 4) is 0 Å². The number of hydrogen-bond donors (Lipinski definition) is 0. The van der Waals surface area contributed by atoms with Gasteiger partial charge in [0.1, 0.15) is 0 Å². The molecule has 62 valence electrons. The molecule has 0 radical (unpaired) electrons. The van der Waals surface area contributed by atoms with Crippen LogP contribution in [0.15, 0.2) is 22.3 Å². The van der Waals surface area contributed by atoms with E-state index >= 15 is 0 Å². The Kier molecular flexibility index (Phi) is 4.42. The molecular weight excluding hydrogens is 136 g/mol. The topological polar surface area (TPSA) is 24.7 Å². The largest absolute Gasteiger partial charge is 0.291 e. The lowest BCUT2D eigenvalue weighted by Crippen LogP contribution is -2.08. The minimum Gasteiger partial charge on any atom is -0.291 e. The molecule has 2 nitrogen and oxygen atoms in total. The fourth-order valence-corrected chi connectivity index (χ4v) is 0.641. The Hall–Kier alpha value is -0.920. The Morgan fingerprint density at radius 1 is 1.45 bits per heavy atom. The highest BCUT2D eigenvalue weighted by atomic mass is 14.8. The lowest BCUT2D eigenvalue weighted by atomic mass is 10.1. The molecule has 0 N–H and O–H groups in total. The van der Waals surface area contributed by atoms with Gasteiger partial charge in [0.15, 0.2) is 0 Å². The standard InChI is InChI=1S/C9H16N2/c1-7(2)9(10-5)6-11-8(3)4/h6-7H,3H2,1-2,4-5H3. The van der Waals surface area contributed by atoms with E-state index in [1.54, 1.807) is 13.3 Å². The average Bonchev–Trinajstić information content (AvgIpc) is 1.87. The minimum atomic E-state index is 0.433. The summed E-state index contributed by atoms with van der Waals surface area (Å²) in [6.45, 7) is 9.71. The zero-order valence-electron chi connectivity index (χ0n) is 7.76. The van der Waals surface area contributed by atoms with E-state index in [2.05, 4.69) is 30.4 Å². The first kappa shape index (κ1) is 10.1. The van der Waals surface area contributed by atoms with Crippen molar-refractivity contribution in [3.05, 3.63) is 12.3 Å². The summed E-state index contributed by atoms with van der Waals surface area (Å²) in [6.07, 6.45) is 1.77. The third kappa shape index (κ3) is 4.48. The first-order valence-electron chi connectivity index (χ1n) is 3.74. The molecule has 0 saturated heterocycles. The van der Waals surface area contributed by atoms with Crippen molar-refractivity contribution in [2.24, 2.45) is 15.9 Å². The van der Waals surface area contributed by atoms with E-state index in [-0.39, 0.29) is 0 Å². The summed E-state index contributed by atoms with van der Waals surface area (Å²) in [7, 11) is 1.78. The molecule has 0 aromatic heterocycles. The second-order valence-electron chi connectivity index (χ2n) is 2.80. The van der Waals surface area contributed by atoms with E-state index in [0.717, 1.165) is 11.4 Å². The van der Waals surface area contributed by atoms with Crippen molar-refractivity contribution < 1.29 is 0 Å². The Morgan fingerprint density at radius 3 is 2.27 bits per heavy atom. The number of nitrogens with zero attached hydrogens (tertiary/aromatic N) is 2. The van der Waals surface area contributed by atoms with Crippen LogP contribution in [0.5, 0.6) is 0 Å². The molecule has 11 heavy (non-hydrogen) atoms. The van der Waals surface area contributed by atoms with Crippen LogP contribution in [0.2, 0.25) is 0 Å². The van der Waals surface area contributed by atoms with Gasteiger partial charge in [-0.25, -0.2) is 0 Å². The van der Waals surface area contributed by atoms with Crippen LogP contribution < -0.4 is 0 Å². The maximum Gasteiger partial charge on any atom is 0.0552 e. The Balaban J connectivity index is 4.22. The van der Waals surface area contributed by atoms with Gasteiger partial charge in [-0.1, -0.05) is 20.4 Å². The van der Waals surface area contributed by atoms with Crippen LogP contribution in [0.3, 0.4) is 0 Å². The monoisotopic (exact) mass is 152 g/mol. The molecule has 0 rings (SSSR count). The van der Waals surface area contributed by atoms with Crippen LogP contribution in [0.4, 0.5) is 0 Å². The summed E-state index contributed by atoms with van der Waals surface area (Å²) in [5, 5.41) is 0. The highest BCUT2D eigenvalue weighted by Gasteiger charge is 1.98. The molecule has 0 aromatic carbocycles. The quantitative estimate of drug-likeness (QED) is 0.554. The van der Waals surface area contributed by atoms with Gasteiger partial charge in [0.2, 0.25) is 0 Å². The summed E-state index contributed by atoms with van der Waals surface area (Å²) < 4.78 is 0. The van der Waals surface area contributed by atoms with E-state index < -0.39 is 0 Å². The smallest absolute Gasteiger partial charge is 0.0552 e. The van der Waals surface area contributed by atoms with Crippen LogP contribution in [-0.4, -0.2) is 19.0 Å². The molecule has 0 heterocycles. The Labute approximate surface area is 68.8 Å². The number of allylic oxidation sites excluding steroid dienone is 1. The van der Waals surface area contributed by atoms with Crippen LogP contribution in [0, 0.1) is 5.92 Å². The molecule has 0 aromatic rings. The van der Waals surface area contributed by atoms with Crippen molar-refractivity contribution in [1.82, 2.24) is 0 Å². The molecule has 0 bridgehead atoms. The molecule has 0 spiro atoms. The lowest BCUT2D eigenvalue weighted by Gasteiger charge is -2.01. The Morgan fingerprint density at radius 2 is 2.00 bits per heavy atom. The summed E-state index contributed by atoms with van der Waals surface area (Å²) in [5.74, 6) is 0.433. The number of hydrogen-bond acceptors (Lipinski definition) is 2. The predicted molar refractivity (Wildman–Crippen MR) is 51.5 cm³/mol. The third-order valence-electron chi connectivity index (χ3n) is 1.27. The van der Waals surface area contributed by atoms with Crippen molar-refractivity contribution >= 4 is 11.9 Å². The lowest BCUT2D eigenvalue weighted by molar-refractivity contribution is 0.893. The number of rotatable bonds is 3. The first-order chi connectivity index (χ1) is 5.07. The summed E-state index contributed by atoms with van der Waals surface area (Å²) in [5.41, 5.74) is 1.82. The SMILES string of the molecule is C=C(C)N=CC(=NC)C(C)C. The van der Waals surface area contributed by atoms with Gasteiger partial charge < -0.3 is 0 Å². The van der Waals surface area contributed by atoms with E-state index in [1.807, 2.05) is 6.92 Å². The van der Waals surface area contributed by atoms with E-state index in [1.165, 1.54) is 0 Å². The summed E-state index contributed by atoms with van der Waals surface area (Å²) in [6, 6.07) is 0. The van der Waals surface area contributed by atoms with Crippen LogP contribution in [0.25, 0.3) is 0 Å². The van der Waals surface area contributed by atoms with Gasteiger partial charge in [-0.05, 0) is 12.8 Å². The van der Waals surface area contributed by atoms with Crippen LogP contribution in [0.1, 0.15) is 20.8 Å². The fraction of sp³-hybridized carbons (Fsp3) is 0.556. The van der Waals surface area contributed by atoms with Gasteiger partial charge in [0, 0.05) is 19.0 Å². The molecule has 0 atom stereocenters. The first-order valence-corrected chi connectivity index (χ1v) is 3.74. The molecule has 0 aliphatic rings. The normalized spacial score (nSPS) is 13.0. The minimum absolute atomic E-state index is 0.433. The van der Waals surface area contributed by atoms with Gasteiger partial charge in [-0.3, -0.25) is 9.98 Å². The van der Waals surface area contributed by atoms with E-state index in [0.29, 0.717) is 5.92 Å². The molecule has 0 aliphatic carbocycles. The maximum absolute atomic E-state index is 4.09. The van der Waals surface area contributed by atoms with Gasteiger partial charge in [0.25, 0.3) is 0 Å². The van der Waals surface area contributed by atoms with Crippen molar-refractivity contribution in [3.63, 3.8) is 0 Å². The van der Waals surface area contributed by atoms with Gasteiger partial charge in [-0.2, -0.15) is 0 Å². The summed E-state index contributed by atoms with van der Waals surface area (Å²) in [4.78, 5) is 8.15. The maximum atomic E-state index is 4.09. The molecule has 0 amide bonds. The highest BCUT2D eigenvalue weighted by molar-refractivity contribution is 6.31.